The number of carbonyl (C=O) groups is 2. The van der Waals surface area contributed by atoms with Gasteiger partial charge in [-0.15, -0.1) is 0 Å². The second-order valence-electron chi connectivity index (χ2n) is 7.07. The largest absolute Gasteiger partial charge is 0.449 e. The Morgan fingerprint density at radius 2 is 1.71 bits per heavy atom. The van der Waals surface area contributed by atoms with Crippen LogP contribution in [0.5, 0.6) is 0 Å². The topological polar surface area (TPSA) is 105 Å². The zero-order chi connectivity index (χ0) is 23.2. The first-order chi connectivity index (χ1) is 14.6. The molecule has 0 heterocycles. The molecule has 0 spiro atoms. The number of rotatable bonds is 8. The summed E-state index contributed by atoms with van der Waals surface area (Å²) in [6.07, 6.45) is -0.512. The van der Waals surface area contributed by atoms with Gasteiger partial charge in [0.25, 0.3) is 0 Å². The molecule has 2 amide bonds. The van der Waals surface area contributed by atoms with Crippen LogP contribution in [0.1, 0.15) is 20.8 Å². The van der Waals surface area contributed by atoms with E-state index in [2.05, 4.69) is 10.0 Å². The van der Waals surface area contributed by atoms with Crippen molar-refractivity contribution in [1.29, 1.82) is 0 Å². The molecule has 0 fully saturated rings. The van der Waals surface area contributed by atoms with Crippen LogP contribution in [0.2, 0.25) is 0 Å². The molecule has 0 saturated carbocycles. The van der Waals surface area contributed by atoms with Crippen LogP contribution >= 0.6 is 0 Å². The van der Waals surface area contributed by atoms with Crippen LogP contribution < -0.4 is 14.9 Å². The van der Waals surface area contributed by atoms with Crippen molar-refractivity contribution in [3.05, 3.63) is 54.3 Å². The predicted molar refractivity (Wildman–Crippen MR) is 116 cm³/mol. The highest BCUT2D eigenvalue weighted by Crippen LogP contribution is 2.19. The molecule has 0 unspecified atom stereocenters. The SMILES string of the molecule is CCOC(=O)N(C)c1ccc(NC(=O)[C@@H](NS(=O)(=O)c2ccccc2F)C(C)C)cc1. The molecular weight excluding hydrogens is 425 g/mol. The van der Waals surface area contributed by atoms with Gasteiger partial charge in [-0.05, 0) is 49.2 Å². The third-order valence-corrected chi connectivity index (χ3v) is 5.90. The van der Waals surface area contributed by atoms with Gasteiger partial charge in [0.15, 0.2) is 0 Å². The smallest absolute Gasteiger partial charge is 0.413 e. The van der Waals surface area contributed by atoms with Crippen LogP contribution in [0, 0.1) is 11.7 Å². The van der Waals surface area contributed by atoms with Gasteiger partial charge in [-0.3, -0.25) is 9.69 Å². The lowest BCUT2D eigenvalue weighted by molar-refractivity contribution is -0.118. The molecule has 2 aromatic carbocycles. The fourth-order valence-corrected chi connectivity index (χ4v) is 4.12. The highest BCUT2D eigenvalue weighted by Gasteiger charge is 2.30. The molecule has 0 aliphatic carbocycles. The minimum atomic E-state index is -4.25. The summed E-state index contributed by atoms with van der Waals surface area (Å²) in [6, 6.07) is 10.2. The molecule has 31 heavy (non-hydrogen) atoms. The third-order valence-electron chi connectivity index (χ3n) is 4.42. The van der Waals surface area contributed by atoms with Gasteiger partial charge in [0.1, 0.15) is 16.8 Å². The molecule has 0 aliphatic heterocycles. The lowest BCUT2D eigenvalue weighted by atomic mass is 10.0. The highest BCUT2D eigenvalue weighted by atomic mass is 32.2. The van der Waals surface area contributed by atoms with Gasteiger partial charge in [0.2, 0.25) is 15.9 Å². The molecule has 168 valence electrons. The average Bonchev–Trinajstić information content (AvgIpc) is 2.72. The zero-order valence-corrected chi connectivity index (χ0v) is 18.6. The Balaban J connectivity index is 2.14. The molecular formula is C21H26FN3O5S. The second-order valence-corrected chi connectivity index (χ2v) is 8.75. The number of hydrogen-bond donors (Lipinski definition) is 2. The van der Waals surface area contributed by atoms with Crippen LogP contribution in [-0.2, 0) is 19.6 Å². The summed E-state index contributed by atoms with van der Waals surface area (Å²) in [5.41, 5.74) is 0.957. The fourth-order valence-electron chi connectivity index (χ4n) is 2.70. The molecule has 0 aromatic heterocycles. The zero-order valence-electron chi connectivity index (χ0n) is 17.8. The van der Waals surface area contributed by atoms with Gasteiger partial charge in [-0.25, -0.2) is 17.6 Å². The number of hydrogen-bond acceptors (Lipinski definition) is 5. The van der Waals surface area contributed by atoms with Gasteiger partial charge < -0.3 is 10.1 Å². The number of nitrogens with one attached hydrogen (secondary N) is 2. The molecule has 0 aliphatic rings. The molecule has 0 saturated heterocycles. The summed E-state index contributed by atoms with van der Waals surface area (Å²) in [4.78, 5) is 25.3. The Morgan fingerprint density at radius 1 is 1.10 bits per heavy atom. The van der Waals surface area contributed by atoms with E-state index in [4.69, 9.17) is 4.74 Å². The van der Waals surface area contributed by atoms with Gasteiger partial charge in [0.05, 0.1) is 6.61 Å². The normalized spacial score (nSPS) is 12.3. The van der Waals surface area contributed by atoms with E-state index in [9.17, 15) is 22.4 Å². The number of halogens is 1. The molecule has 8 nitrogen and oxygen atoms in total. The predicted octanol–water partition coefficient (Wildman–Crippen LogP) is 3.36. The van der Waals surface area contributed by atoms with Crippen molar-refractivity contribution in [2.45, 2.75) is 31.7 Å². The van der Waals surface area contributed by atoms with E-state index in [1.54, 1.807) is 52.1 Å². The second kappa shape index (κ2) is 10.4. The van der Waals surface area contributed by atoms with Crippen molar-refractivity contribution < 1.29 is 27.1 Å². The average molecular weight is 452 g/mol. The maximum absolute atomic E-state index is 13.9. The number of carbonyl (C=O) groups excluding carboxylic acids is 2. The van der Waals surface area contributed by atoms with Crippen molar-refractivity contribution in [2.24, 2.45) is 5.92 Å². The molecule has 10 heteroatoms. The third kappa shape index (κ3) is 6.25. The van der Waals surface area contributed by atoms with Crippen molar-refractivity contribution in [3.63, 3.8) is 0 Å². The summed E-state index contributed by atoms with van der Waals surface area (Å²) in [6.45, 7) is 5.30. The standard InChI is InChI=1S/C21H26FN3O5S/c1-5-30-21(27)25(4)16-12-10-15(11-13-16)23-20(26)19(14(2)3)24-31(28,29)18-9-7-6-8-17(18)22/h6-14,19,24H,5H2,1-4H3,(H,23,26)/t19-/m0/s1. The Bertz CT molecular complexity index is 1030. The Morgan fingerprint density at radius 3 is 2.26 bits per heavy atom. The first kappa shape index (κ1) is 24.3. The number of benzene rings is 2. The lowest BCUT2D eigenvalue weighted by Gasteiger charge is -2.22. The summed E-state index contributed by atoms with van der Waals surface area (Å²) in [5, 5.41) is 2.64. The van der Waals surface area contributed by atoms with Crippen molar-refractivity contribution in [2.75, 3.05) is 23.9 Å². The quantitative estimate of drug-likeness (QED) is 0.640. The molecule has 2 aromatic rings. The summed E-state index contributed by atoms with van der Waals surface area (Å²) < 4.78 is 46.3. The maximum Gasteiger partial charge on any atom is 0.413 e. The van der Waals surface area contributed by atoms with E-state index < -0.39 is 44.7 Å². The Kier molecular flexibility index (Phi) is 8.12. The van der Waals surface area contributed by atoms with Crippen molar-refractivity contribution in [1.82, 2.24) is 4.72 Å². The van der Waals surface area contributed by atoms with E-state index in [0.717, 1.165) is 12.1 Å². The number of sulfonamides is 1. The first-order valence-corrected chi connectivity index (χ1v) is 11.1. The van der Waals surface area contributed by atoms with Crippen molar-refractivity contribution >= 4 is 33.4 Å². The van der Waals surface area contributed by atoms with Crippen LogP contribution in [-0.4, -0.2) is 40.1 Å². The molecule has 2 N–H and O–H groups in total. The maximum atomic E-state index is 13.9. The van der Waals surface area contributed by atoms with Gasteiger partial charge in [0, 0.05) is 18.4 Å². The van der Waals surface area contributed by atoms with Crippen LogP contribution in [0.15, 0.2) is 53.4 Å². The number of nitrogens with zero attached hydrogens (tertiary/aromatic N) is 1. The van der Waals surface area contributed by atoms with Gasteiger partial charge in [-0.1, -0.05) is 26.0 Å². The first-order valence-electron chi connectivity index (χ1n) is 9.65. The van der Waals surface area contributed by atoms with E-state index in [1.807, 2.05) is 0 Å². The monoisotopic (exact) mass is 451 g/mol. The van der Waals surface area contributed by atoms with E-state index in [-0.39, 0.29) is 6.61 Å². The summed E-state index contributed by atoms with van der Waals surface area (Å²) in [7, 11) is -2.70. The molecule has 1 atom stereocenters. The molecule has 0 bridgehead atoms. The summed E-state index contributed by atoms with van der Waals surface area (Å²) in [5.74, 6) is -1.91. The van der Waals surface area contributed by atoms with Crippen molar-refractivity contribution in [3.8, 4) is 0 Å². The lowest BCUT2D eigenvalue weighted by Crippen LogP contribution is -2.47. The van der Waals surface area contributed by atoms with Crippen LogP contribution in [0.3, 0.4) is 0 Å². The van der Waals surface area contributed by atoms with Crippen LogP contribution in [0.4, 0.5) is 20.6 Å². The number of anilines is 2. The highest BCUT2D eigenvalue weighted by molar-refractivity contribution is 7.89. The van der Waals surface area contributed by atoms with E-state index in [0.29, 0.717) is 11.4 Å². The molecule has 0 radical (unpaired) electrons. The molecule has 2 rings (SSSR count). The summed E-state index contributed by atoms with van der Waals surface area (Å²) >= 11 is 0. The Hall–Kier alpha value is -2.98. The van der Waals surface area contributed by atoms with E-state index >= 15 is 0 Å². The minimum absolute atomic E-state index is 0.247. The number of ether oxygens (including phenoxy) is 1. The number of amides is 2. The minimum Gasteiger partial charge on any atom is -0.449 e. The van der Waals surface area contributed by atoms with Gasteiger partial charge >= 0.3 is 6.09 Å². The fraction of sp³-hybridized carbons (Fsp3) is 0.333. The Labute approximate surface area is 181 Å². The van der Waals surface area contributed by atoms with Crippen LogP contribution in [0.25, 0.3) is 0 Å². The van der Waals surface area contributed by atoms with E-state index in [1.165, 1.54) is 17.0 Å². The van der Waals surface area contributed by atoms with Gasteiger partial charge in [-0.2, -0.15) is 4.72 Å².